The highest BCUT2D eigenvalue weighted by atomic mass is 16.5. The van der Waals surface area contributed by atoms with Gasteiger partial charge >= 0.3 is 0 Å². The molecule has 0 spiro atoms. The quantitative estimate of drug-likeness (QED) is 0.210. The fraction of sp³-hybridized carbons (Fsp3) is 0.875. The fourth-order valence-electron chi connectivity index (χ4n) is 5.78. The van der Waals surface area contributed by atoms with Crippen LogP contribution in [0.25, 0.3) is 0 Å². The summed E-state index contributed by atoms with van der Waals surface area (Å²) in [5.41, 5.74) is 0. The molecule has 3 fully saturated rings. The number of amides is 1. The molecule has 3 aliphatic rings. The van der Waals surface area contributed by atoms with Crippen molar-refractivity contribution < 1.29 is 19.8 Å². The highest BCUT2D eigenvalue weighted by molar-refractivity contribution is 5.74. The zero-order chi connectivity index (χ0) is 20.6. The molecule has 3 rings (SSSR count). The van der Waals surface area contributed by atoms with E-state index < -0.39 is 0 Å². The molecule has 1 unspecified atom stereocenters. The normalized spacial score (nSPS) is 30.4. The number of ether oxygens (including phenoxy) is 1. The number of hydrogen-bond acceptors (Lipinski definition) is 4. The van der Waals surface area contributed by atoms with Crippen molar-refractivity contribution in [1.82, 2.24) is 5.06 Å². The number of allylic oxidation sites excluding steroid dienone is 2. The Morgan fingerprint density at radius 3 is 2.59 bits per heavy atom. The topological polar surface area (TPSA) is 70.0 Å². The van der Waals surface area contributed by atoms with E-state index in [0.717, 1.165) is 49.5 Å². The second-order valence-corrected chi connectivity index (χ2v) is 9.44. The average Bonchev–Trinajstić information content (AvgIpc) is 3.46. The molecule has 2 aliphatic heterocycles. The molecule has 5 nitrogen and oxygen atoms in total. The molecule has 0 aromatic rings. The van der Waals surface area contributed by atoms with E-state index in [2.05, 4.69) is 12.2 Å². The molecular weight excluding hydrogens is 366 g/mol. The first-order valence-electron chi connectivity index (χ1n) is 12.1. The Balaban J connectivity index is 1.36. The van der Waals surface area contributed by atoms with Gasteiger partial charge in [0.25, 0.3) is 0 Å². The standard InChI is InChI=1S/C24H41NO4/c1-2-25(28)24(27)12-6-4-3-5-11-20-21(23-16-15-22(20)29-23)14-13-19(26)17-18-9-7-8-10-18/h3,5,18-23,26,28H,2,4,6-17H2,1H3/b5-3-/t19?,20-,21+,22-,23+/m0/s1. The maximum atomic E-state index is 11.6. The molecule has 2 N–H and O–H groups in total. The smallest absolute Gasteiger partial charge is 0.245 e. The van der Waals surface area contributed by atoms with Crippen molar-refractivity contribution >= 4 is 5.91 Å². The summed E-state index contributed by atoms with van der Waals surface area (Å²) >= 11 is 0. The van der Waals surface area contributed by atoms with Gasteiger partial charge in [0, 0.05) is 13.0 Å². The van der Waals surface area contributed by atoms with Crippen LogP contribution in [0, 0.1) is 17.8 Å². The molecule has 2 saturated heterocycles. The van der Waals surface area contributed by atoms with Gasteiger partial charge in [-0.05, 0) is 76.0 Å². The minimum Gasteiger partial charge on any atom is -0.393 e. The lowest BCUT2D eigenvalue weighted by molar-refractivity contribution is -0.164. The van der Waals surface area contributed by atoms with E-state index in [1.165, 1.54) is 38.5 Å². The van der Waals surface area contributed by atoms with E-state index in [1.54, 1.807) is 6.92 Å². The summed E-state index contributed by atoms with van der Waals surface area (Å²) in [5, 5.41) is 20.7. The Kier molecular flexibility index (Phi) is 9.01. The maximum absolute atomic E-state index is 11.6. The van der Waals surface area contributed by atoms with Crippen LogP contribution in [0.5, 0.6) is 0 Å². The van der Waals surface area contributed by atoms with Crippen LogP contribution in [0.4, 0.5) is 0 Å². The number of carbonyl (C=O) groups excluding carboxylic acids is 1. The summed E-state index contributed by atoms with van der Waals surface area (Å²) in [6.45, 7) is 2.11. The minimum absolute atomic E-state index is 0.139. The number of aliphatic hydroxyl groups excluding tert-OH is 1. The first-order chi connectivity index (χ1) is 14.1. The monoisotopic (exact) mass is 407 g/mol. The molecule has 5 heteroatoms. The number of hydroxylamine groups is 2. The lowest BCUT2D eigenvalue weighted by atomic mass is 9.74. The van der Waals surface area contributed by atoms with Crippen molar-refractivity contribution in [3.05, 3.63) is 12.2 Å². The number of aliphatic hydroxyl groups is 1. The Morgan fingerprint density at radius 1 is 1.14 bits per heavy atom. The van der Waals surface area contributed by atoms with Crippen molar-refractivity contribution in [2.45, 2.75) is 109 Å². The molecule has 0 aromatic heterocycles. The molecule has 2 heterocycles. The van der Waals surface area contributed by atoms with Crippen LogP contribution in [0.15, 0.2) is 12.2 Å². The maximum Gasteiger partial charge on any atom is 0.245 e. The van der Waals surface area contributed by atoms with Crippen LogP contribution >= 0.6 is 0 Å². The number of fused-ring (bicyclic) bond motifs is 2. The predicted octanol–water partition coefficient (Wildman–Crippen LogP) is 4.86. The van der Waals surface area contributed by atoms with Gasteiger partial charge in [-0.3, -0.25) is 10.0 Å². The van der Waals surface area contributed by atoms with Gasteiger partial charge in [0.15, 0.2) is 0 Å². The van der Waals surface area contributed by atoms with Crippen LogP contribution in [-0.2, 0) is 9.53 Å². The molecule has 166 valence electrons. The van der Waals surface area contributed by atoms with Crippen molar-refractivity contribution in [3.63, 3.8) is 0 Å². The summed E-state index contributed by atoms with van der Waals surface area (Å²) in [6.07, 6.45) is 18.9. The van der Waals surface area contributed by atoms with Gasteiger partial charge in [0.05, 0.1) is 18.3 Å². The number of carbonyl (C=O) groups is 1. The zero-order valence-corrected chi connectivity index (χ0v) is 18.2. The third kappa shape index (κ3) is 6.53. The molecule has 0 aromatic carbocycles. The largest absolute Gasteiger partial charge is 0.393 e. The summed E-state index contributed by atoms with van der Waals surface area (Å²) in [6, 6.07) is 0. The molecule has 2 bridgehead atoms. The van der Waals surface area contributed by atoms with E-state index in [9.17, 15) is 15.1 Å². The third-order valence-corrected chi connectivity index (χ3v) is 7.43. The lowest BCUT2D eigenvalue weighted by Crippen LogP contribution is -2.28. The first kappa shape index (κ1) is 22.8. The number of rotatable bonds is 12. The second kappa shape index (κ2) is 11.5. The number of nitrogens with zero attached hydrogens (tertiary/aromatic N) is 1. The summed E-state index contributed by atoms with van der Waals surface area (Å²) in [5.74, 6) is 1.73. The summed E-state index contributed by atoms with van der Waals surface area (Å²) in [7, 11) is 0. The fourth-order valence-corrected chi connectivity index (χ4v) is 5.78. The van der Waals surface area contributed by atoms with Gasteiger partial charge in [-0.25, -0.2) is 5.06 Å². The van der Waals surface area contributed by atoms with Crippen LogP contribution in [0.1, 0.15) is 90.4 Å². The Bertz CT molecular complexity index is 531. The van der Waals surface area contributed by atoms with Gasteiger partial charge in [0.1, 0.15) is 0 Å². The molecule has 1 aliphatic carbocycles. The minimum atomic E-state index is -0.196. The summed E-state index contributed by atoms with van der Waals surface area (Å²) in [4.78, 5) is 11.6. The first-order valence-corrected chi connectivity index (χ1v) is 12.1. The Morgan fingerprint density at radius 2 is 1.86 bits per heavy atom. The van der Waals surface area contributed by atoms with Crippen molar-refractivity contribution in [3.8, 4) is 0 Å². The Labute approximate surface area is 176 Å². The van der Waals surface area contributed by atoms with Gasteiger partial charge in [-0.2, -0.15) is 0 Å². The molecule has 1 saturated carbocycles. The van der Waals surface area contributed by atoms with Gasteiger partial charge < -0.3 is 9.84 Å². The molecule has 0 radical (unpaired) electrons. The van der Waals surface area contributed by atoms with Crippen molar-refractivity contribution in [2.75, 3.05) is 6.54 Å². The van der Waals surface area contributed by atoms with Crippen LogP contribution in [0.3, 0.4) is 0 Å². The Hall–Kier alpha value is -0.910. The molecule has 5 atom stereocenters. The van der Waals surface area contributed by atoms with E-state index >= 15 is 0 Å². The third-order valence-electron chi connectivity index (χ3n) is 7.43. The SMILES string of the molecule is CCN(O)C(=O)CCC/C=C\C[C@H]1[C@@H](CCC(O)CC2CCCC2)[C@H]2CC[C@@H]1O2. The van der Waals surface area contributed by atoms with Crippen LogP contribution in [0.2, 0.25) is 0 Å². The number of hydrogen-bond donors (Lipinski definition) is 2. The van der Waals surface area contributed by atoms with E-state index in [1.807, 2.05) is 0 Å². The van der Waals surface area contributed by atoms with E-state index in [-0.39, 0.29) is 12.0 Å². The predicted molar refractivity (Wildman–Crippen MR) is 113 cm³/mol. The van der Waals surface area contributed by atoms with Crippen molar-refractivity contribution in [2.24, 2.45) is 17.8 Å². The number of unbranched alkanes of at least 4 members (excludes halogenated alkanes) is 1. The molecule has 29 heavy (non-hydrogen) atoms. The lowest BCUT2D eigenvalue weighted by Gasteiger charge is -2.28. The second-order valence-electron chi connectivity index (χ2n) is 9.44. The highest BCUT2D eigenvalue weighted by Crippen LogP contribution is 2.47. The van der Waals surface area contributed by atoms with Gasteiger partial charge in [0.2, 0.25) is 5.91 Å². The highest BCUT2D eigenvalue weighted by Gasteiger charge is 2.47. The summed E-state index contributed by atoms with van der Waals surface area (Å²) < 4.78 is 6.22. The van der Waals surface area contributed by atoms with E-state index in [0.29, 0.717) is 37.0 Å². The zero-order valence-electron chi connectivity index (χ0n) is 18.2. The van der Waals surface area contributed by atoms with Gasteiger partial charge in [-0.1, -0.05) is 37.8 Å². The van der Waals surface area contributed by atoms with Crippen LogP contribution < -0.4 is 0 Å². The van der Waals surface area contributed by atoms with Crippen molar-refractivity contribution in [1.29, 1.82) is 0 Å². The van der Waals surface area contributed by atoms with Gasteiger partial charge in [-0.15, -0.1) is 0 Å². The molecule has 1 amide bonds. The van der Waals surface area contributed by atoms with E-state index in [4.69, 9.17) is 4.74 Å². The molecular formula is C24H41NO4. The average molecular weight is 408 g/mol. The van der Waals surface area contributed by atoms with Crippen LogP contribution in [-0.4, -0.2) is 46.1 Å².